The molecule has 1 aromatic heterocycles. The summed E-state index contributed by atoms with van der Waals surface area (Å²) in [7, 11) is 1.65. The van der Waals surface area contributed by atoms with Gasteiger partial charge in [0.15, 0.2) is 0 Å². The molecule has 0 saturated carbocycles. The van der Waals surface area contributed by atoms with Crippen molar-refractivity contribution in [3.05, 3.63) is 52.4 Å². The van der Waals surface area contributed by atoms with Crippen molar-refractivity contribution >= 4 is 15.9 Å². The van der Waals surface area contributed by atoms with Crippen molar-refractivity contribution in [3.8, 4) is 5.75 Å². The lowest BCUT2D eigenvalue weighted by Gasteiger charge is -2.09. The van der Waals surface area contributed by atoms with Gasteiger partial charge in [0.05, 0.1) is 20.0 Å². The van der Waals surface area contributed by atoms with Crippen LogP contribution in [0, 0.1) is 0 Å². The van der Waals surface area contributed by atoms with Crippen LogP contribution in [0.1, 0.15) is 11.3 Å². The van der Waals surface area contributed by atoms with E-state index in [0.29, 0.717) is 13.2 Å². The number of furan rings is 1. The minimum absolute atomic E-state index is 0.461. The first-order valence-electron chi connectivity index (χ1n) is 5.22. The smallest absolute Gasteiger partial charge is 0.129 e. The fourth-order valence-electron chi connectivity index (χ4n) is 1.52. The van der Waals surface area contributed by atoms with E-state index < -0.39 is 0 Å². The van der Waals surface area contributed by atoms with E-state index in [9.17, 15) is 0 Å². The quantitative estimate of drug-likeness (QED) is 0.842. The van der Waals surface area contributed by atoms with Crippen LogP contribution >= 0.6 is 15.9 Å². The summed E-state index contributed by atoms with van der Waals surface area (Å²) in [6.07, 6.45) is 1.64. The Bertz CT molecular complexity index is 466. The van der Waals surface area contributed by atoms with Gasteiger partial charge < -0.3 is 13.9 Å². The van der Waals surface area contributed by atoms with Crippen LogP contribution in [-0.2, 0) is 18.0 Å². The van der Waals surface area contributed by atoms with Gasteiger partial charge in [-0.3, -0.25) is 0 Å². The van der Waals surface area contributed by atoms with Crippen LogP contribution in [0.2, 0.25) is 0 Å². The molecule has 0 saturated heterocycles. The van der Waals surface area contributed by atoms with Crippen molar-refractivity contribution in [2.45, 2.75) is 13.2 Å². The number of halogens is 1. The molecule has 0 aliphatic carbocycles. The number of hydrogen-bond donors (Lipinski definition) is 0. The van der Waals surface area contributed by atoms with E-state index in [1.807, 2.05) is 30.3 Å². The van der Waals surface area contributed by atoms with Gasteiger partial charge in [-0.05, 0) is 30.3 Å². The van der Waals surface area contributed by atoms with E-state index in [0.717, 1.165) is 21.5 Å². The van der Waals surface area contributed by atoms with Crippen LogP contribution in [0.3, 0.4) is 0 Å². The summed E-state index contributed by atoms with van der Waals surface area (Å²) in [4.78, 5) is 0. The van der Waals surface area contributed by atoms with Crippen LogP contribution in [0.4, 0.5) is 0 Å². The predicted molar refractivity (Wildman–Crippen MR) is 67.9 cm³/mol. The van der Waals surface area contributed by atoms with Gasteiger partial charge in [0, 0.05) is 10.0 Å². The monoisotopic (exact) mass is 296 g/mol. The molecule has 0 unspecified atom stereocenters. The highest BCUT2D eigenvalue weighted by Gasteiger charge is 2.04. The Morgan fingerprint density at radius 1 is 1.24 bits per heavy atom. The predicted octanol–water partition coefficient (Wildman–Crippen LogP) is 3.77. The van der Waals surface area contributed by atoms with E-state index in [4.69, 9.17) is 13.9 Å². The summed E-state index contributed by atoms with van der Waals surface area (Å²) in [5.41, 5.74) is 1.01. The summed E-state index contributed by atoms with van der Waals surface area (Å²) < 4.78 is 17.0. The summed E-state index contributed by atoms with van der Waals surface area (Å²) in [6, 6.07) is 9.57. The van der Waals surface area contributed by atoms with Crippen LogP contribution in [0.5, 0.6) is 5.75 Å². The molecule has 0 N–H and O–H groups in total. The molecule has 1 aromatic carbocycles. The molecule has 1 heterocycles. The average molecular weight is 297 g/mol. The summed E-state index contributed by atoms with van der Waals surface area (Å²) >= 11 is 3.43. The Labute approximate surface area is 108 Å². The number of benzene rings is 1. The first-order valence-corrected chi connectivity index (χ1v) is 6.01. The van der Waals surface area contributed by atoms with Crippen LogP contribution in [0.25, 0.3) is 0 Å². The maximum atomic E-state index is 5.57. The van der Waals surface area contributed by atoms with Gasteiger partial charge in [-0.25, -0.2) is 0 Å². The van der Waals surface area contributed by atoms with Gasteiger partial charge in [-0.1, -0.05) is 15.9 Å². The van der Waals surface area contributed by atoms with Gasteiger partial charge in [-0.15, -0.1) is 0 Å². The first-order chi connectivity index (χ1) is 8.29. The lowest BCUT2D eigenvalue weighted by atomic mass is 10.2. The number of hydrogen-bond acceptors (Lipinski definition) is 3. The molecule has 0 amide bonds. The third kappa shape index (κ3) is 3.35. The topological polar surface area (TPSA) is 31.6 Å². The van der Waals surface area contributed by atoms with E-state index in [-0.39, 0.29) is 0 Å². The summed E-state index contributed by atoms with van der Waals surface area (Å²) in [5.74, 6) is 1.65. The van der Waals surface area contributed by atoms with Crippen LogP contribution in [-0.4, -0.2) is 7.11 Å². The largest absolute Gasteiger partial charge is 0.496 e. The molecular weight excluding hydrogens is 284 g/mol. The molecule has 0 atom stereocenters. The Kier molecular flexibility index (Phi) is 4.23. The molecule has 0 spiro atoms. The number of ether oxygens (including phenoxy) is 2. The van der Waals surface area contributed by atoms with Gasteiger partial charge in [0.25, 0.3) is 0 Å². The number of methoxy groups -OCH3 is 1. The second-order valence-corrected chi connectivity index (χ2v) is 4.44. The fraction of sp³-hybridized carbons (Fsp3) is 0.231. The highest BCUT2D eigenvalue weighted by atomic mass is 79.9. The molecule has 2 rings (SSSR count). The van der Waals surface area contributed by atoms with Crippen molar-refractivity contribution in [2.24, 2.45) is 0 Å². The van der Waals surface area contributed by atoms with Gasteiger partial charge in [0.2, 0.25) is 0 Å². The van der Waals surface area contributed by atoms with Crippen LogP contribution < -0.4 is 4.74 Å². The zero-order valence-corrected chi connectivity index (χ0v) is 11.1. The van der Waals surface area contributed by atoms with Gasteiger partial charge >= 0.3 is 0 Å². The lowest BCUT2D eigenvalue weighted by molar-refractivity contribution is 0.0913. The number of rotatable bonds is 5. The zero-order chi connectivity index (χ0) is 12.1. The van der Waals surface area contributed by atoms with Crippen molar-refractivity contribution in [2.75, 3.05) is 7.11 Å². The second-order valence-electron chi connectivity index (χ2n) is 3.53. The second kappa shape index (κ2) is 5.89. The van der Waals surface area contributed by atoms with E-state index in [1.165, 1.54) is 0 Å². The standard InChI is InChI=1S/C13H13BrO3/c1-15-13-5-4-11(14)7-10(13)8-16-9-12-3-2-6-17-12/h2-7H,8-9H2,1H3. The third-order valence-electron chi connectivity index (χ3n) is 2.32. The third-order valence-corrected chi connectivity index (χ3v) is 2.82. The fourth-order valence-corrected chi connectivity index (χ4v) is 1.92. The highest BCUT2D eigenvalue weighted by Crippen LogP contribution is 2.23. The summed E-state index contributed by atoms with van der Waals surface area (Å²) in [5, 5.41) is 0. The molecule has 0 bridgehead atoms. The molecule has 0 aliphatic heterocycles. The highest BCUT2D eigenvalue weighted by molar-refractivity contribution is 9.10. The normalized spacial score (nSPS) is 10.5. The first kappa shape index (κ1) is 12.2. The molecule has 0 radical (unpaired) electrons. The van der Waals surface area contributed by atoms with Crippen molar-refractivity contribution in [3.63, 3.8) is 0 Å². The molecule has 17 heavy (non-hydrogen) atoms. The Balaban J connectivity index is 1.96. The lowest BCUT2D eigenvalue weighted by Crippen LogP contribution is -1.96. The molecule has 4 heteroatoms. The van der Waals surface area contributed by atoms with Crippen LogP contribution in [0.15, 0.2) is 45.5 Å². The van der Waals surface area contributed by atoms with E-state index in [1.54, 1.807) is 13.4 Å². The molecule has 3 nitrogen and oxygen atoms in total. The Hall–Kier alpha value is -1.26. The minimum Gasteiger partial charge on any atom is -0.496 e. The van der Waals surface area contributed by atoms with Crippen molar-refractivity contribution in [1.29, 1.82) is 0 Å². The summed E-state index contributed by atoms with van der Waals surface area (Å²) in [6.45, 7) is 0.950. The molecule has 2 aromatic rings. The average Bonchev–Trinajstić information content (AvgIpc) is 2.82. The van der Waals surface area contributed by atoms with Gasteiger partial charge in [-0.2, -0.15) is 0 Å². The Morgan fingerprint density at radius 3 is 2.82 bits per heavy atom. The maximum Gasteiger partial charge on any atom is 0.129 e. The zero-order valence-electron chi connectivity index (χ0n) is 9.48. The molecular formula is C13H13BrO3. The van der Waals surface area contributed by atoms with Gasteiger partial charge in [0.1, 0.15) is 18.1 Å². The van der Waals surface area contributed by atoms with Crippen molar-refractivity contribution in [1.82, 2.24) is 0 Å². The van der Waals surface area contributed by atoms with Crippen molar-refractivity contribution < 1.29 is 13.9 Å². The molecule has 0 aliphatic rings. The van der Waals surface area contributed by atoms with E-state index in [2.05, 4.69) is 15.9 Å². The minimum atomic E-state index is 0.461. The maximum absolute atomic E-state index is 5.57. The molecule has 90 valence electrons. The van der Waals surface area contributed by atoms with E-state index >= 15 is 0 Å². The Morgan fingerprint density at radius 2 is 2.12 bits per heavy atom. The SMILES string of the molecule is COc1ccc(Br)cc1COCc1ccco1. The molecule has 0 fully saturated rings.